The molecule has 1 heterocycles. The Kier molecular flexibility index (Phi) is 5.81. The predicted molar refractivity (Wildman–Crippen MR) is 86.7 cm³/mol. The summed E-state index contributed by atoms with van der Waals surface area (Å²) < 4.78 is 5.45. The van der Waals surface area contributed by atoms with E-state index in [1.54, 1.807) is 13.0 Å². The Balaban J connectivity index is 1.91. The third-order valence-corrected chi connectivity index (χ3v) is 3.64. The van der Waals surface area contributed by atoms with Crippen LogP contribution in [-0.2, 0) is 9.53 Å². The lowest BCUT2D eigenvalue weighted by molar-refractivity contribution is -0.126. The second-order valence-electron chi connectivity index (χ2n) is 5.32. The first-order valence-electron chi connectivity index (χ1n) is 7.59. The highest BCUT2D eigenvalue weighted by Gasteiger charge is 2.15. The van der Waals surface area contributed by atoms with Crippen molar-refractivity contribution in [3.8, 4) is 0 Å². The van der Waals surface area contributed by atoms with E-state index in [-0.39, 0.29) is 5.91 Å². The van der Waals surface area contributed by atoms with E-state index < -0.39 is 6.10 Å². The molecule has 0 spiro atoms. The quantitative estimate of drug-likeness (QED) is 0.619. The number of anilines is 2. The largest absolute Gasteiger partial charge is 0.371 e. The normalized spacial score (nSPS) is 15.8. The van der Waals surface area contributed by atoms with E-state index in [0.29, 0.717) is 6.61 Å². The maximum absolute atomic E-state index is 12.1. The maximum Gasteiger partial charge on any atom is 0.253 e. The smallest absolute Gasteiger partial charge is 0.253 e. The van der Waals surface area contributed by atoms with Gasteiger partial charge >= 0.3 is 0 Å². The van der Waals surface area contributed by atoms with Crippen LogP contribution in [0.5, 0.6) is 0 Å². The minimum Gasteiger partial charge on any atom is -0.371 e. The van der Waals surface area contributed by atoms with Gasteiger partial charge in [-0.3, -0.25) is 4.79 Å². The fourth-order valence-electron chi connectivity index (χ4n) is 2.40. The van der Waals surface area contributed by atoms with Crippen LogP contribution < -0.4 is 10.2 Å². The maximum atomic E-state index is 12.1. The summed E-state index contributed by atoms with van der Waals surface area (Å²) in [5.41, 5.74) is 1.99. The summed E-state index contributed by atoms with van der Waals surface area (Å²) in [6, 6.07) is 8.01. The molecule has 21 heavy (non-hydrogen) atoms. The van der Waals surface area contributed by atoms with Crippen molar-refractivity contribution in [2.24, 2.45) is 0 Å². The highest BCUT2D eigenvalue weighted by Crippen LogP contribution is 2.23. The number of benzene rings is 1. The van der Waals surface area contributed by atoms with Gasteiger partial charge in [0.05, 0.1) is 6.61 Å². The first-order chi connectivity index (χ1) is 10.2. The average molecular weight is 288 g/mol. The van der Waals surface area contributed by atoms with E-state index in [1.807, 2.05) is 18.2 Å². The molecule has 1 aliphatic heterocycles. The zero-order valence-corrected chi connectivity index (χ0v) is 12.7. The van der Waals surface area contributed by atoms with Gasteiger partial charge < -0.3 is 15.0 Å². The van der Waals surface area contributed by atoms with Gasteiger partial charge in [0.15, 0.2) is 0 Å². The number of amides is 1. The van der Waals surface area contributed by atoms with Gasteiger partial charge in [0, 0.05) is 24.5 Å². The number of rotatable bonds is 7. The van der Waals surface area contributed by atoms with E-state index in [1.165, 1.54) is 18.5 Å². The van der Waals surface area contributed by atoms with Gasteiger partial charge in [0.2, 0.25) is 0 Å². The second-order valence-corrected chi connectivity index (χ2v) is 5.32. The third-order valence-electron chi connectivity index (χ3n) is 3.64. The molecule has 0 radical (unpaired) electrons. The zero-order chi connectivity index (χ0) is 15.1. The summed E-state index contributed by atoms with van der Waals surface area (Å²) in [6.07, 6.45) is 4.56. The Morgan fingerprint density at radius 3 is 2.95 bits per heavy atom. The molecule has 0 saturated carbocycles. The van der Waals surface area contributed by atoms with Crippen molar-refractivity contribution >= 4 is 17.3 Å². The molecule has 0 aliphatic carbocycles. The van der Waals surface area contributed by atoms with Crippen molar-refractivity contribution in [3.63, 3.8) is 0 Å². The monoisotopic (exact) mass is 288 g/mol. The minimum atomic E-state index is -0.458. The van der Waals surface area contributed by atoms with Crippen LogP contribution in [0, 0.1) is 0 Å². The first kappa shape index (κ1) is 15.6. The molecular weight excluding hydrogens is 264 g/mol. The number of carbonyl (C=O) groups is 1. The number of hydrogen-bond acceptors (Lipinski definition) is 3. The molecule has 1 aromatic carbocycles. The number of hydrogen-bond donors (Lipinski definition) is 1. The Labute approximate surface area is 126 Å². The highest BCUT2D eigenvalue weighted by molar-refractivity contribution is 5.94. The van der Waals surface area contributed by atoms with Crippen LogP contribution in [0.4, 0.5) is 11.4 Å². The molecule has 1 atom stereocenters. The van der Waals surface area contributed by atoms with Crippen LogP contribution in [0.3, 0.4) is 0 Å². The minimum absolute atomic E-state index is 0.113. The van der Waals surface area contributed by atoms with Crippen molar-refractivity contribution in [1.29, 1.82) is 0 Å². The summed E-state index contributed by atoms with van der Waals surface area (Å²) in [5.74, 6) is -0.113. The number of nitrogens with zero attached hydrogens (tertiary/aromatic N) is 1. The van der Waals surface area contributed by atoms with Crippen molar-refractivity contribution < 1.29 is 9.53 Å². The lowest BCUT2D eigenvalue weighted by Crippen LogP contribution is -2.28. The van der Waals surface area contributed by atoms with E-state index >= 15 is 0 Å². The van der Waals surface area contributed by atoms with Crippen LogP contribution in [0.25, 0.3) is 0 Å². The van der Waals surface area contributed by atoms with Crippen LogP contribution in [-0.4, -0.2) is 31.7 Å². The molecule has 1 amide bonds. The van der Waals surface area contributed by atoms with Crippen molar-refractivity contribution in [2.45, 2.75) is 32.3 Å². The molecule has 1 aromatic rings. The molecule has 1 saturated heterocycles. The predicted octanol–water partition coefficient (Wildman–Crippen LogP) is 3.21. The van der Waals surface area contributed by atoms with Gasteiger partial charge in [-0.15, -0.1) is 6.58 Å². The Bertz CT molecular complexity index is 481. The molecule has 114 valence electrons. The number of carbonyl (C=O) groups excluding carboxylic acids is 1. The lowest BCUT2D eigenvalue weighted by Gasteiger charge is -2.19. The molecule has 0 bridgehead atoms. The Morgan fingerprint density at radius 1 is 1.48 bits per heavy atom. The van der Waals surface area contributed by atoms with Crippen LogP contribution in [0.1, 0.15) is 26.2 Å². The van der Waals surface area contributed by atoms with E-state index in [0.717, 1.165) is 25.2 Å². The summed E-state index contributed by atoms with van der Waals surface area (Å²) in [6.45, 7) is 8.11. The fourth-order valence-corrected chi connectivity index (χ4v) is 2.40. The van der Waals surface area contributed by atoms with Gasteiger partial charge in [-0.1, -0.05) is 12.1 Å². The molecule has 0 aromatic heterocycles. The van der Waals surface area contributed by atoms with Gasteiger partial charge in [0.25, 0.3) is 5.91 Å². The van der Waals surface area contributed by atoms with Gasteiger partial charge in [-0.2, -0.15) is 0 Å². The van der Waals surface area contributed by atoms with Crippen LogP contribution in [0.15, 0.2) is 36.9 Å². The van der Waals surface area contributed by atoms with Crippen molar-refractivity contribution in [3.05, 3.63) is 36.9 Å². The van der Waals surface area contributed by atoms with E-state index in [9.17, 15) is 4.79 Å². The Hall–Kier alpha value is -1.81. The number of ether oxygens (including phenoxy) is 1. The molecule has 4 nitrogen and oxygen atoms in total. The summed E-state index contributed by atoms with van der Waals surface area (Å²) in [4.78, 5) is 14.4. The van der Waals surface area contributed by atoms with E-state index in [2.05, 4.69) is 22.9 Å². The summed E-state index contributed by atoms with van der Waals surface area (Å²) in [7, 11) is 0. The molecule has 1 aliphatic rings. The molecule has 1 fully saturated rings. The zero-order valence-electron chi connectivity index (χ0n) is 12.7. The van der Waals surface area contributed by atoms with Crippen LogP contribution in [0.2, 0.25) is 0 Å². The first-order valence-corrected chi connectivity index (χ1v) is 7.59. The van der Waals surface area contributed by atoms with Crippen molar-refractivity contribution in [2.75, 3.05) is 29.9 Å². The van der Waals surface area contributed by atoms with Crippen molar-refractivity contribution in [1.82, 2.24) is 0 Å². The topological polar surface area (TPSA) is 41.6 Å². The van der Waals surface area contributed by atoms with Crippen LogP contribution >= 0.6 is 0 Å². The summed E-state index contributed by atoms with van der Waals surface area (Å²) in [5, 5.41) is 2.92. The fraction of sp³-hybridized carbons (Fsp3) is 0.471. The average Bonchev–Trinajstić information content (AvgIpc) is 3.02. The second kappa shape index (κ2) is 7.84. The molecule has 1 unspecified atom stereocenters. The summed E-state index contributed by atoms with van der Waals surface area (Å²) >= 11 is 0. The van der Waals surface area contributed by atoms with Gasteiger partial charge in [-0.25, -0.2) is 0 Å². The molecule has 2 rings (SSSR count). The highest BCUT2D eigenvalue weighted by atomic mass is 16.5. The molecular formula is C17H24N2O2. The molecule has 4 heteroatoms. The Morgan fingerprint density at radius 2 is 2.24 bits per heavy atom. The lowest BCUT2D eigenvalue weighted by atomic mass is 10.2. The molecule has 1 N–H and O–H groups in total. The standard InChI is InChI=1S/C17H24N2O2/c1-3-4-12-21-14(2)17(20)18-15-8-7-9-16(13-15)19-10-5-6-11-19/h3,7-9,13-14H,1,4-6,10-12H2,2H3,(H,18,20). The SMILES string of the molecule is C=CCCOC(C)C(=O)Nc1cccc(N2CCCC2)c1. The number of nitrogens with one attached hydrogen (secondary N) is 1. The third kappa shape index (κ3) is 4.60. The van der Waals surface area contributed by atoms with Gasteiger partial charge in [-0.05, 0) is 44.4 Å². The van der Waals surface area contributed by atoms with Gasteiger partial charge in [0.1, 0.15) is 6.10 Å². The van der Waals surface area contributed by atoms with E-state index in [4.69, 9.17) is 4.74 Å².